The summed E-state index contributed by atoms with van der Waals surface area (Å²) in [7, 11) is 0. The number of carbonyl (C=O) groups is 1. The van der Waals surface area contributed by atoms with E-state index in [-0.39, 0.29) is 0 Å². The molecule has 0 saturated carbocycles. The quantitative estimate of drug-likeness (QED) is 0.600. The Hall–Kier alpha value is -0.730. The van der Waals surface area contributed by atoms with Crippen LogP contribution in [0.3, 0.4) is 0 Å². The Kier molecular flexibility index (Phi) is 7.86. The lowest BCUT2D eigenvalue weighted by molar-refractivity contribution is 0.193. The Morgan fingerprint density at radius 3 is 2.33 bits per heavy atom. The van der Waals surface area contributed by atoms with Crippen LogP contribution in [0.4, 0.5) is 4.79 Å². The van der Waals surface area contributed by atoms with Crippen LogP contribution in [0.25, 0.3) is 0 Å². The molecule has 0 spiro atoms. The summed E-state index contributed by atoms with van der Waals surface area (Å²) in [6, 6.07) is 0. The van der Waals surface area contributed by atoms with Gasteiger partial charge in [-0.2, -0.15) is 0 Å². The fourth-order valence-electron chi connectivity index (χ4n) is 1.07. The second kappa shape index (κ2) is 8.37. The first-order valence-electron chi connectivity index (χ1n) is 4.67. The number of rotatable bonds is 7. The van der Waals surface area contributed by atoms with Crippen LogP contribution in [0.1, 0.15) is 45.4 Å². The first kappa shape index (κ1) is 11.3. The van der Waals surface area contributed by atoms with Crippen molar-refractivity contribution < 1.29 is 9.90 Å². The molecule has 0 aliphatic heterocycles. The molecule has 0 atom stereocenters. The summed E-state index contributed by atoms with van der Waals surface area (Å²) in [6.45, 7) is 2.65. The van der Waals surface area contributed by atoms with Gasteiger partial charge in [-0.3, -0.25) is 0 Å². The molecule has 0 saturated heterocycles. The number of hydrogen-bond acceptors (Lipinski definition) is 1. The number of hydrogen-bond donors (Lipinski definition) is 1. The van der Waals surface area contributed by atoms with Gasteiger partial charge in [-0.05, 0) is 6.42 Å². The first-order valence-corrected chi connectivity index (χ1v) is 4.67. The molecule has 0 rings (SSSR count). The summed E-state index contributed by atoms with van der Waals surface area (Å²) >= 11 is 0. The van der Waals surface area contributed by atoms with Gasteiger partial charge in [0.2, 0.25) is 0 Å². The van der Waals surface area contributed by atoms with Gasteiger partial charge in [-0.15, -0.1) is 0 Å². The molecule has 0 fully saturated rings. The van der Waals surface area contributed by atoms with Crippen LogP contribution < -0.4 is 5.32 Å². The lowest BCUT2D eigenvalue weighted by Crippen LogP contribution is -2.13. The maximum absolute atomic E-state index is 9.97. The van der Waals surface area contributed by atoms with Crippen molar-refractivity contribution in [3.05, 3.63) is 0 Å². The monoisotopic (exact) mass is 172 g/mol. The molecule has 0 unspecified atom stereocenters. The van der Waals surface area contributed by atoms with Gasteiger partial charge in [0.15, 0.2) is 0 Å². The molecule has 0 aromatic heterocycles. The molecule has 0 aromatic rings. The van der Waals surface area contributed by atoms with Crippen molar-refractivity contribution in [3.8, 4) is 0 Å². The van der Waals surface area contributed by atoms with Crippen molar-refractivity contribution in [3.63, 3.8) is 0 Å². The molecule has 0 aliphatic rings. The molecule has 3 heteroatoms. The summed E-state index contributed by atoms with van der Waals surface area (Å²) in [5, 5.41) is 11.5. The van der Waals surface area contributed by atoms with E-state index in [2.05, 4.69) is 12.2 Å². The van der Waals surface area contributed by atoms with Crippen LogP contribution in [0.15, 0.2) is 0 Å². The molecule has 0 bridgehead atoms. The summed E-state index contributed by atoms with van der Waals surface area (Å²) < 4.78 is 0. The predicted molar refractivity (Wildman–Crippen MR) is 48.4 cm³/mol. The van der Waals surface area contributed by atoms with E-state index in [0.717, 1.165) is 12.8 Å². The van der Waals surface area contributed by atoms with E-state index in [9.17, 15) is 4.79 Å². The van der Waals surface area contributed by atoms with Crippen LogP contribution in [-0.4, -0.2) is 17.7 Å². The van der Waals surface area contributed by atoms with Gasteiger partial charge >= 0.3 is 6.09 Å². The van der Waals surface area contributed by atoms with E-state index < -0.39 is 6.09 Å². The Balaban J connectivity index is 2.86. The smallest absolute Gasteiger partial charge is 0.426 e. The van der Waals surface area contributed by atoms with Crippen LogP contribution in [0, 0.1) is 0 Å². The zero-order valence-electron chi connectivity index (χ0n) is 7.75. The molecular formula is C9H18NO2. The molecule has 3 nitrogen and oxygen atoms in total. The van der Waals surface area contributed by atoms with Gasteiger partial charge in [0, 0.05) is 6.54 Å². The number of carboxylic acid groups (broad SMARTS) is 1. The first-order chi connectivity index (χ1) is 5.77. The van der Waals surface area contributed by atoms with E-state index in [1.165, 1.54) is 25.7 Å². The highest BCUT2D eigenvalue weighted by Gasteiger charge is 1.95. The lowest BCUT2D eigenvalue weighted by atomic mass is 10.1. The molecule has 1 N–H and O–H groups in total. The highest BCUT2D eigenvalue weighted by atomic mass is 16.4. The van der Waals surface area contributed by atoms with Crippen molar-refractivity contribution in [2.75, 3.05) is 6.54 Å². The van der Waals surface area contributed by atoms with Crippen LogP contribution in [0.5, 0.6) is 0 Å². The van der Waals surface area contributed by atoms with Crippen molar-refractivity contribution in [1.82, 2.24) is 5.32 Å². The van der Waals surface area contributed by atoms with E-state index >= 15 is 0 Å². The fraction of sp³-hybridized carbons (Fsp3) is 0.889. The summed E-state index contributed by atoms with van der Waals surface area (Å²) in [5.41, 5.74) is 0. The van der Waals surface area contributed by atoms with Crippen molar-refractivity contribution >= 4 is 6.09 Å². The molecule has 0 aliphatic carbocycles. The minimum Gasteiger partial charge on any atom is -0.464 e. The molecule has 1 amide bonds. The molecule has 0 aromatic carbocycles. The van der Waals surface area contributed by atoms with Crippen LogP contribution >= 0.6 is 0 Å². The Morgan fingerprint density at radius 1 is 1.17 bits per heavy atom. The standard InChI is InChI=1S/C9H18NO2/c1-2-3-4-5-6-7-8-10-9(11)12/h2-8H2,1H3,(H,11,12). The highest BCUT2D eigenvalue weighted by molar-refractivity contribution is 5.63. The normalized spacial score (nSPS) is 9.75. The SMILES string of the molecule is CCCCCCCC[N]C(=O)O. The molecule has 12 heavy (non-hydrogen) atoms. The second-order valence-electron chi connectivity index (χ2n) is 2.93. The van der Waals surface area contributed by atoms with E-state index in [1.54, 1.807) is 0 Å². The third-order valence-corrected chi connectivity index (χ3v) is 1.76. The number of amides is 1. The average molecular weight is 172 g/mol. The van der Waals surface area contributed by atoms with E-state index in [0.29, 0.717) is 6.54 Å². The molecule has 0 heterocycles. The Morgan fingerprint density at radius 2 is 1.75 bits per heavy atom. The number of nitrogens with zero attached hydrogens (tertiary/aromatic N) is 1. The summed E-state index contributed by atoms with van der Waals surface area (Å²) in [4.78, 5) is 9.97. The van der Waals surface area contributed by atoms with Gasteiger partial charge in [0.25, 0.3) is 0 Å². The topological polar surface area (TPSA) is 51.4 Å². The molecule has 71 valence electrons. The van der Waals surface area contributed by atoms with Crippen molar-refractivity contribution in [2.45, 2.75) is 45.4 Å². The second-order valence-corrected chi connectivity index (χ2v) is 2.93. The minimum atomic E-state index is -1.04. The Bertz CT molecular complexity index is 115. The van der Waals surface area contributed by atoms with Gasteiger partial charge in [-0.25, -0.2) is 10.1 Å². The average Bonchev–Trinajstić information content (AvgIpc) is 2.02. The van der Waals surface area contributed by atoms with Gasteiger partial charge < -0.3 is 5.11 Å². The van der Waals surface area contributed by atoms with Gasteiger partial charge in [0.1, 0.15) is 0 Å². The number of unbranched alkanes of at least 4 members (excludes halogenated alkanes) is 5. The third kappa shape index (κ3) is 9.27. The van der Waals surface area contributed by atoms with E-state index in [4.69, 9.17) is 5.11 Å². The van der Waals surface area contributed by atoms with E-state index in [1.807, 2.05) is 0 Å². The zero-order valence-corrected chi connectivity index (χ0v) is 7.75. The van der Waals surface area contributed by atoms with Crippen molar-refractivity contribution in [2.24, 2.45) is 0 Å². The maximum atomic E-state index is 9.97. The lowest BCUT2D eigenvalue weighted by Gasteiger charge is -1.98. The van der Waals surface area contributed by atoms with Crippen molar-refractivity contribution in [1.29, 1.82) is 0 Å². The zero-order chi connectivity index (χ0) is 9.23. The summed E-state index contributed by atoms with van der Waals surface area (Å²) in [5.74, 6) is 0. The van der Waals surface area contributed by atoms with Crippen LogP contribution in [0.2, 0.25) is 0 Å². The highest BCUT2D eigenvalue weighted by Crippen LogP contribution is 2.03. The molecule has 1 radical (unpaired) electrons. The molecular weight excluding hydrogens is 154 g/mol. The van der Waals surface area contributed by atoms with Gasteiger partial charge in [0.05, 0.1) is 0 Å². The largest absolute Gasteiger partial charge is 0.464 e. The van der Waals surface area contributed by atoms with Gasteiger partial charge in [-0.1, -0.05) is 39.0 Å². The Labute approximate surface area is 74.2 Å². The minimum absolute atomic E-state index is 0.474. The summed E-state index contributed by atoms with van der Waals surface area (Å²) in [6.07, 6.45) is 6.00. The predicted octanol–water partition coefficient (Wildman–Crippen LogP) is 2.63. The third-order valence-electron chi connectivity index (χ3n) is 1.76. The van der Waals surface area contributed by atoms with Crippen LogP contribution in [-0.2, 0) is 0 Å². The fourth-order valence-corrected chi connectivity index (χ4v) is 1.07. The maximum Gasteiger partial charge on any atom is 0.426 e.